The van der Waals surface area contributed by atoms with Crippen molar-refractivity contribution < 1.29 is 4.79 Å². The van der Waals surface area contributed by atoms with Gasteiger partial charge in [0.1, 0.15) is 11.9 Å². The van der Waals surface area contributed by atoms with Gasteiger partial charge in [0, 0.05) is 25.1 Å². The van der Waals surface area contributed by atoms with E-state index in [-0.39, 0.29) is 12.1 Å². The number of carbonyl (C=O) groups excluding carboxylic acids is 1. The Morgan fingerprint density at radius 2 is 1.79 bits per heavy atom. The van der Waals surface area contributed by atoms with Crippen LogP contribution in [0.3, 0.4) is 0 Å². The molecule has 0 bridgehead atoms. The summed E-state index contributed by atoms with van der Waals surface area (Å²) in [6, 6.07) is 16.9. The summed E-state index contributed by atoms with van der Waals surface area (Å²) in [5.74, 6) is 0.778. The highest BCUT2D eigenvalue weighted by Crippen LogP contribution is 2.20. The van der Waals surface area contributed by atoms with Crippen molar-refractivity contribution in [2.24, 2.45) is 7.05 Å². The molecule has 1 heterocycles. The number of nitrogens with one attached hydrogen (secondary N) is 2. The molecule has 1 atom stereocenters. The zero-order valence-electron chi connectivity index (χ0n) is 13.7. The number of hydrogen-bond acceptors (Lipinski definition) is 2. The van der Waals surface area contributed by atoms with Crippen molar-refractivity contribution in [2.75, 3.05) is 5.32 Å². The summed E-state index contributed by atoms with van der Waals surface area (Å²) < 4.78 is 1.91. The lowest BCUT2D eigenvalue weighted by atomic mass is 10.1. The van der Waals surface area contributed by atoms with Crippen LogP contribution in [0.1, 0.15) is 23.0 Å². The number of anilines is 1. The van der Waals surface area contributed by atoms with E-state index in [1.807, 2.05) is 79.3 Å². The van der Waals surface area contributed by atoms with Crippen LogP contribution in [0.15, 0.2) is 67.0 Å². The summed E-state index contributed by atoms with van der Waals surface area (Å²) in [4.78, 5) is 16.8. The summed E-state index contributed by atoms with van der Waals surface area (Å²) in [6.07, 6.45) is 3.59. The van der Waals surface area contributed by atoms with Crippen LogP contribution in [0, 0.1) is 6.92 Å². The highest BCUT2D eigenvalue weighted by molar-refractivity contribution is 5.89. The van der Waals surface area contributed by atoms with Gasteiger partial charge in [0.25, 0.3) is 0 Å². The maximum absolute atomic E-state index is 12.4. The second kappa shape index (κ2) is 7.00. The second-order valence-corrected chi connectivity index (χ2v) is 5.70. The van der Waals surface area contributed by atoms with E-state index in [1.165, 1.54) is 0 Å². The van der Waals surface area contributed by atoms with E-state index in [9.17, 15) is 4.79 Å². The fourth-order valence-corrected chi connectivity index (χ4v) is 2.53. The predicted molar refractivity (Wildman–Crippen MR) is 94.8 cm³/mol. The average Bonchev–Trinajstić information content (AvgIpc) is 3.01. The molecule has 3 aromatic rings. The van der Waals surface area contributed by atoms with Gasteiger partial charge in [-0.15, -0.1) is 0 Å². The molecule has 2 aromatic carbocycles. The van der Waals surface area contributed by atoms with E-state index < -0.39 is 0 Å². The molecule has 0 aliphatic heterocycles. The van der Waals surface area contributed by atoms with Gasteiger partial charge in [-0.2, -0.15) is 0 Å². The standard InChI is InChI=1S/C19H20N4O/c1-14-8-10-16(11-9-14)21-19(24)22-17(15-6-4-3-5-7-15)18-20-12-13-23(18)2/h3-13,17H,1-2H3,(H2,21,22,24)/t17-/m1/s1. The molecule has 0 radical (unpaired) electrons. The van der Waals surface area contributed by atoms with E-state index in [0.717, 1.165) is 22.6 Å². The van der Waals surface area contributed by atoms with Gasteiger partial charge in [-0.25, -0.2) is 9.78 Å². The molecular formula is C19H20N4O. The smallest absolute Gasteiger partial charge is 0.320 e. The van der Waals surface area contributed by atoms with Crippen molar-refractivity contribution in [1.29, 1.82) is 0 Å². The van der Waals surface area contributed by atoms with E-state index in [1.54, 1.807) is 6.20 Å². The SMILES string of the molecule is Cc1ccc(NC(=O)N[C@H](c2ccccc2)c2nccn2C)cc1. The largest absolute Gasteiger partial charge is 0.336 e. The minimum absolute atomic E-state index is 0.268. The molecule has 1 aromatic heterocycles. The van der Waals surface area contributed by atoms with Crippen LogP contribution in [0.2, 0.25) is 0 Å². The zero-order chi connectivity index (χ0) is 16.9. The highest BCUT2D eigenvalue weighted by Gasteiger charge is 2.20. The first-order valence-electron chi connectivity index (χ1n) is 7.80. The van der Waals surface area contributed by atoms with Gasteiger partial charge >= 0.3 is 6.03 Å². The van der Waals surface area contributed by atoms with Crippen molar-refractivity contribution in [2.45, 2.75) is 13.0 Å². The van der Waals surface area contributed by atoms with Gasteiger partial charge < -0.3 is 15.2 Å². The Kier molecular flexibility index (Phi) is 4.61. The Morgan fingerprint density at radius 3 is 2.42 bits per heavy atom. The minimum atomic E-state index is -0.323. The van der Waals surface area contributed by atoms with E-state index in [4.69, 9.17) is 0 Å². The Balaban J connectivity index is 1.80. The third-order valence-electron chi connectivity index (χ3n) is 3.83. The lowest BCUT2D eigenvalue weighted by Crippen LogP contribution is -2.34. The average molecular weight is 320 g/mol. The van der Waals surface area contributed by atoms with Crippen LogP contribution in [0.5, 0.6) is 0 Å². The molecule has 2 amide bonds. The third-order valence-corrected chi connectivity index (χ3v) is 3.83. The Labute approximate surface area is 141 Å². The zero-order valence-corrected chi connectivity index (χ0v) is 13.7. The third kappa shape index (κ3) is 3.63. The number of rotatable bonds is 4. The Hall–Kier alpha value is -3.08. The number of nitrogens with zero attached hydrogens (tertiary/aromatic N) is 2. The number of aryl methyl sites for hydroxylation is 2. The first-order chi connectivity index (χ1) is 11.6. The number of benzene rings is 2. The van der Waals surface area contributed by atoms with Gasteiger partial charge in [0.2, 0.25) is 0 Å². The van der Waals surface area contributed by atoms with Gasteiger partial charge in [0.05, 0.1) is 0 Å². The molecular weight excluding hydrogens is 300 g/mol. The number of imidazole rings is 1. The molecule has 0 aliphatic carbocycles. The fourth-order valence-electron chi connectivity index (χ4n) is 2.53. The van der Waals surface area contributed by atoms with Crippen molar-refractivity contribution in [3.8, 4) is 0 Å². The van der Waals surface area contributed by atoms with Crippen molar-refractivity contribution in [3.63, 3.8) is 0 Å². The summed E-state index contributed by atoms with van der Waals surface area (Å²) in [5.41, 5.74) is 2.88. The van der Waals surface area contributed by atoms with Crippen LogP contribution < -0.4 is 10.6 Å². The van der Waals surface area contributed by atoms with E-state index in [0.29, 0.717) is 0 Å². The normalized spacial score (nSPS) is 11.8. The number of carbonyl (C=O) groups is 1. The monoisotopic (exact) mass is 320 g/mol. The summed E-state index contributed by atoms with van der Waals surface area (Å²) in [7, 11) is 1.91. The lowest BCUT2D eigenvalue weighted by Gasteiger charge is -2.19. The van der Waals surface area contributed by atoms with Crippen LogP contribution >= 0.6 is 0 Å². The maximum atomic E-state index is 12.4. The minimum Gasteiger partial charge on any atom is -0.336 e. The van der Waals surface area contributed by atoms with Gasteiger partial charge in [-0.3, -0.25) is 0 Å². The molecule has 2 N–H and O–H groups in total. The topological polar surface area (TPSA) is 59.0 Å². The number of amides is 2. The van der Waals surface area contributed by atoms with Crippen LogP contribution in [0.4, 0.5) is 10.5 Å². The van der Waals surface area contributed by atoms with E-state index >= 15 is 0 Å². The molecule has 0 saturated carbocycles. The van der Waals surface area contributed by atoms with Gasteiger partial charge in [0.15, 0.2) is 0 Å². The first kappa shape index (κ1) is 15.8. The van der Waals surface area contributed by atoms with E-state index in [2.05, 4.69) is 15.6 Å². The molecule has 0 unspecified atom stereocenters. The van der Waals surface area contributed by atoms with Crippen molar-refractivity contribution in [1.82, 2.24) is 14.9 Å². The summed E-state index contributed by atoms with van der Waals surface area (Å²) >= 11 is 0. The fraction of sp³-hybridized carbons (Fsp3) is 0.158. The highest BCUT2D eigenvalue weighted by atomic mass is 16.2. The van der Waals surface area contributed by atoms with Crippen LogP contribution in [0.25, 0.3) is 0 Å². The molecule has 24 heavy (non-hydrogen) atoms. The number of urea groups is 1. The summed E-state index contributed by atoms with van der Waals surface area (Å²) in [5, 5.41) is 5.87. The second-order valence-electron chi connectivity index (χ2n) is 5.70. The van der Waals surface area contributed by atoms with Crippen LogP contribution in [-0.2, 0) is 7.05 Å². The summed E-state index contributed by atoms with van der Waals surface area (Å²) in [6.45, 7) is 2.01. The molecule has 5 heteroatoms. The van der Waals surface area contributed by atoms with Crippen molar-refractivity contribution in [3.05, 3.63) is 83.9 Å². The molecule has 0 saturated heterocycles. The predicted octanol–water partition coefficient (Wildman–Crippen LogP) is 3.64. The first-order valence-corrected chi connectivity index (χ1v) is 7.80. The van der Waals surface area contributed by atoms with Crippen molar-refractivity contribution >= 4 is 11.7 Å². The Bertz CT molecular complexity index is 809. The molecule has 3 rings (SSSR count). The lowest BCUT2D eigenvalue weighted by molar-refractivity contribution is 0.249. The Morgan fingerprint density at radius 1 is 1.08 bits per heavy atom. The molecule has 5 nitrogen and oxygen atoms in total. The molecule has 0 spiro atoms. The van der Waals surface area contributed by atoms with Gasteiger partial charge in [-0.1, -0.05) is 48.0 Å². The quantitative estimate of drug-likeness (QED) is 0.771. The molecule has 0 aliphatic rings. The molecule has 122 valence electrons. The van der Waals surface area contributed by atoms with Crippen LogP contribution in [-0.4, -0.2) is 15.6 Å². The number of aromatic nitrogens is 2. The maximum Gasteiger partial charge on any atom is 0.320 e. The van der Waals surface area contributed by atoms with Gasteiger partial charge in [-0.05, 0) is 24.6 Å². The molecule has 0 fully saturated rings. The number of hydrogen-bond donors (Lipinski definition) is 2.